The minimum Gasteiger partial charge on any atom is -0.354 e. The molecule has 2 heterocycles. The van der Waals surface area contributed by atoms with E-state index in [2.05, 4.69) is 39.2 Å². The maximum atomic E-state index is 13.3. The molecule has 0 amide bonds. The number of nitrogens with zero attached hydrogens (tertiary/aromatic N) is 3. The number of fused-ring (bicyclic) bond motifs is 2. The van der Waals surface area contributed by atoms with Gasteiger partial charge in [-0.2, -0.15) is 0 Å². The molecule has 1 aliphatic heterocycles. The van der Waals surface area contributed by atoms with E-state index in [1.165, 1.54) is 29.7 Å². The Morgan fingerprint density at radius 2 is 1.92 bits per heavy atom. The van der Waals surface area contributed by atoms with Crippen molar-refractivity contribution in [2.45, 2.75) is 12.3 Å². The van der Waals surface area contributed by atoms with Crippen LogP contribution in [0, 0.1) is 5.82 Å². The van der Waals surface area contributed by atoms with Crippen molar-refractivity contribution in [1.29, 1.82) is 0 Å². The van der Waals surface area contributed by atoms with Gasteiger partial charge in [0.05, 0.1) is 5.39 Å². The van der Waals surface area contributed by atoms with Crippen molar-refractivity contribution >= 4 is 16.8 Å². The van der Waals surface area contributed by atoms with Crippen molar-refractivity contribution in [1.82, 2.24) is 10.1 Å². The van der Waals surface area contributed by atoms with Crippen molar-refractivity contribution in [3.63, 3.8) is 0 Å². The normalized spacial score (nSPS) is 20.5. The van der Waals surface area contributed by atoms with E-state index >= 15 is 0 Å². The fraction of sp³-hybridized carbons (Fsp3) is 0.350. The molecule has 0 spiro atoms. The fourth-order valence-corrected chi connectivity index (χ4v) is 4.11. The molecule has 0 N–H and O–H groups in total. The second-order valence-electron chi connectivity index (χ2n) is 7.03. The van der Waals surface area contributed by atoms with Gasteiger partial charge in [0.2, 0.25) is 0 Å². The SMILES string of the molecule is Fc1ccc2c(N3CCN(CC4Cc5ccccc54)CC3)noc2c1. The monoisotopic (exact) mass is 337 g/mol. The molecule has 2 aromatic carbocycles. The first-order valence-corrected chi connectivity index (χ1v) is 8.88. The van der Waals surface area contributed by atoms with Crippen molar-refractivity contribution < 1.29 is 8.91 Å². The molecule has 1 aliphatic carbocycles. The second kappa shape index (κ2) is 5.85. The van der Waals surface area contributed by atoms with Gasteiger partial charge >= 0.3 is 0 Å². The van der Waals surface area contributed by atoms with E-state index in [0.29, 0.717) is 11.5 Å². The zero-order chi connectivity index (χ0) is 16.8. The lowest BCUT2D eigenvalue weighted by atomic mass is 9.77. The first kappa shape index (κ1) is 14.9. The van der Waals surface area contributed by atoms with Crippen LogP contribution >= 0.6 is 0 Å². The molecule has 25 heavy (non-hydrogen) atoms. The summed E-state index contributed by atoms with van der Waals surface area (Å²) in [6.45, 7) is 5.03. The molecule has 0 saturated carbocycles. The molecule has 5 heteroatoms. The predicted octanol–water partition coefficient (Wildman–Crippen LogP) is 3.43. The highest BCUT2D eigenvalue weighted by molar-refractivity contribution is 5.88. The average molecular weight is 337 g/mol. The van der Waals surface area contributed by atoms with Gasteiger partial charge in [-0.1, -0.05) is 29.4 Å². The summed E-state index contributed by atoms with van der Waals surface area (Å²) in [5.41, 5.74) is 3.55. The van der Waals surface area contributed by atoms with Crippen LogP contribution in [0.15, 0.2) is 47.0 Å². The molecule has 0 radical (unpaired) electrons. The summed E-state index contributed by atoms with van der Waals surface area (Å²) in [5, 5.41) is 5.06. The molecule has 128 valence electrons. The Morgan fingerprint density at radius 1 is 1.08 bits per heavy atom. The Morgan fingerprint density at radius 3 is 2.76 bits per heavy atom. The number of aromatic nitrogens is 1. The Labute approximate surface area is 145 Å². The summed E-state index contributed by atoms with van der Waals surface area (Å²) in [6.07, 6.45) is 1.20. The van der Waals surface area contributed by atoms with Gasteiger partial charge in [-0.05, 0) is 29.7 Å². The van der Waals surface area contributed by atoms with Gasteiger partial charge in [-0.3, -0.25) is 4.90 Å². The van der Waals surface area contributed by atoms with Crippen LogP contribution in [-0.4, -0.2) is 42.8 Å². The summed E-state index contributed by atoms with van der Waals surface area (Å²) < 4.78 is 18.6. The van der Waals surface area contributed by atoms with Gasteiger partial charge in [0, 0.05) is 44.7 Å². The van der Waals surface area contributed by atoms with E-state index in [9.17, 15) is 4.39 Å². The molecule has 1 unspecified atom stereocenters. The van der Waals surface area contributed by atoms with E-state index < -0.39 is 0 Å². The number of hydrogen-bond donors (Lipinski definition) is 0. The number of anilines is 1. The van der Waals surface area contributed by atoms with E-state index in [1.807, 2.05) is 0 Å². The summed E-state index contributed by atoms with van der Waals surface area (Å²) in [4.78, 5) is 4.79. The summed E-state index contributed by atoms with van der Waals surface area (Å²) in [5.74, 6) is 1.23. The minimum atomic E-state index is -0.291. The lowest BCUT2D eigenvalue weighted by Gasteiger charge is -2.39. The Kier molecular flexibility index (Phi) is 3.48. The van der Waals surface area contributed by atoms with Crippen LogP contribution in [0.5, 0.6) is 0 Å². The van der Waals surface area contributed by atoms with Crippen LogP contribution < -0.4 is 4.90 Å². The molecule has 1 atom stereocenters. The zero-order valence-corrected chi connectivity index (χ0v) is 14.0. The van der Waals surface area contributed by atoms with Crippen molar-refractivity contribution in [3.8, 4) is 0 Å². The van der Waals surface area contributed by atoms with E-state index in [4.69, 9.17) is 4.52 Å². The lowest BCUT2D eigenvalue weighted by molar-refractivity contribution is 0.233. The Bertz CT molecular complexity index is 914. The lowest BCUT2D eigenvalue weighted by Crippen LogP contribution is -2.48. The molecular weight excluding hydrogens is 317 g/mol. The number of hydrogen-bond acceptors (Lipinski definition) is 4. The number of piperazine rings is 1. The van der Waals surface area contributed by atoms with Crippen molar-refractivity contribution in [2.24, 2.45) is 0 Å². The maximum absolute atomic E-state index is 13.3. The van der Waals surface area contributed by atoms with Gasteiger partial charge in [0.15, 0.2) is 11.4 Å². The standard InChI is InChI=1S/C20H20FN3O/c21-16-5-6-18-19(12-16)25-22-20(18)24-9-7-23(8-10-24)13-15-11-14-3-1-2-4-17(14)15/h1-6,12,15H,7-11,13H2. The highest BCUT2D eigenvalue weighted by Gasteiger charge is 2.29. The van der Waals surface area contributed by atoms with Crippen LogP contribution in [0.3, 0.4) is 0 Å². The Hall–Kier alpha value is -2.40. The van der Waals surface area contributed by atoms with Crippen LogP contribution in [-0.2, 0) is 6.42 Å². The van der Waals surface area contributed by atoms with Crippen LogP contribution in [0.25, 0.3) is 11.0 Å². The largest absolute Gasteiger partial charge is 0.354 e. The molecule has 0 bridgehead atoms. The van der Waals surface area contributed by atoms with Crippen LogP contribution in [0.4, 0.5) is 10.2 Å². The van der Waals surface area contributed by atoms with Crippen molar-refractivity contribution in [2.75, 3.05) is 37.6 Å². The summed E-state index contributed by atoms with van der Waals surface area (Å²) >= 11 is 0. The van der Waals surface area contributed by atoms with Crippen LogP contribution in [0.2, 0.25) is 0 Å². The summed E-state index contributed by atoms with van der Waals surface area (Å²) in [6, 6.07) is 13.4. The molecule has 3 aromatic rings. The Balaban J connectivity index is 1.24. The average Bonchev–Trinajstić information content (AvgIpc) is 3.03. The van der Waals surface area contributed by atoms with Gasteiger partial charge in [0.25, 0.3) is 0 Å². The summed E-state index contributed by atoms with van der Waals surface area (Å²) in [7, 11) is 0. The third-order valence-electron chi connectivity index (χ3n) is 5.53. The van der Waals surface area contributed by atoms with E-state index in [1.54, 1.807) is 6.07 Å². The van der Waals surface area contributed by atoms with Crippen molar-refractivity contribution in [3.05, 3.63) is 59.4 Å². The highest BCUT2D eigenvalue weighted by Crippen LogP contribution is 2.35. The quantitative estimate of drug-likeness (QED) is 0.733. The fourth-order valence-electron chi connectivity index (χ4n) is 4.11. The molecular formula is C20H20FN3O. The molecule has 1 saturated heterocycles. The number of halogens is 1. The topological polar surface area (TPSA) is 32.5 Å². The zero-order valence-electron chi connectivity index (χ0n) is 14.0. The highest BCUT2D eigenvalue weighted by atomic mass is 19.1. The minimum absolute atomic E-state index is 0.291. The predicted molar refractivity (Wildman–Crippen MR) is 95.5 cm³/mol. The van der Waals surface area contributed by atoms with Crippen LogP contribution in [0.1, 0.15) is 17.0 Å². The molecule has 1 aromatic heterocycles. The molecule has 2 aliphatic rings. The molecule has 1 fully saturated rings. The van der Waals surface area contributed by atoms with E-state index in [-0.39, 0.29) is 5.82 Å². The molecule has 5 rings (SSSR count). The first-order valence-electron chi connectivity index (χ1n) is 8.88. The second-order valence-corrected chi connectivity index (χ2v) is 7.03. The smallest absolute Gasteiger partial charge is 0.180 e. The van der Waals surface area contributed by atoms with E-state index in [0.717, 1.165) is 43.9 Å². The third-order valence-corrected chi connectivity index (χ3v) is 5.53. The van der Waals surface area contributed by atoms with Gasteiger partial charge in [0.1, 0.15) is 5.82 Å². The van der Waals surface area contributed by atoms with Gasteiger partial charge in [-0.15, -0.1) is 0 Å². The maximum Gasteiger partial charge on any atom is 0.180 e. The molecule has 4 nitrogen and oxygen atoms in total. The third kappa shape index (κ3) is 2.59. The van der Waals surface area contributed by atoms with Gasteiger partial charge < -0.3 is 9.42 Å². The first-order chi connectivity index (χ1) is 12.3. The number of benzene rings is 2. The number of rotatable bonds is 3. The van der Waals surface area contributed by atoms with Gasteiger partial charge in [-0.25, -0.2) is 4.39 Å².